The molecule has 1 atom stereocenters. The van der Waals surface area contributed by atoms with Gasteiger partial charge in [-0.2, -0.15) is 0 Å². The molecular formula is C24H34N4O3. The summed E-state index contributed by atoms with van der Waals surface area (Å²) in [4.78, 5) is 6.78. The maximum atomic E-state index is 5.73. The Balaban J connectivity index is 1.38. The minimum absolute atomic E-state index is 0.365. The van der Waals surface area contributed by atoms with Crippen LogP contribution in [0, 0.1) is 0 Å². The topological polar surface area (TPSA) is 67.4 Å². The number of likely N-dealkylation sites (tertiary alicyclic amines) is 1. The molecule has 1 aliphatic heterocycles. The van der Waals surface area contributed by atoms with Crippen molar-refractivity contribution in [3.8, 4) is 11.5 Å². The smallest absolute Gasteiger partial charge is 0.191 e. The monoisotopic (exact) mass is 426 g/mol. The average molecular weight is 427 g/mol. The molecule has 2 aromatic rings. The maximum absolute atomic E-state index is 5.73. The van der Waals surface area contributed by atoms with Gasteiger partial charge in [0, 0.05) is 45.3 Å². The van der Waals surface area contributed by atoms with Gasteiger partial charge in [0.05, 0.1) is 27.4 Å². The first-order chi connectivity index (χ1) is 15.2. The summed E-state index contributed by atoms with van der Waals surface area (Å²) < 4.78 is 16.5. The number of nitrogens with zero attached hydrogens (tertiary/aromatic N) is 2. The number of benzene rings is 2. The van der Waals surface area contributed by atoms with Crippen LogP contribution >= 0.6 is 0 Å². The lowest BCUT2D eigenvalue weighted by molar-refractivity contribution is 0.125. The van der Waals surface area contributed by atoms with Gasteiger partial charge in [-0.25, -0.2) is 0 Å². The fraction of sp³-hybridized carbons (Fsp3) is 0.458. The Bertz CT molecular complexity index is 807. The summed E-state index contributed by atoms with van der Waals surface area (Å²) in [5.41, 5.74) is 2.37. The summed E-state index contributed by atoms with van der Waals surface area (Å²) in [6.07, 6.45) is 1.08. The number of hydrogen-bond donors (Lipinski definition) is 2. The van der Waals surface area contributed by atoms with Gasteiger partial charge in [0.1, 0.15) is 11.5 Å². The van der Waals surface area contributed by atoms with Gasteiger partial charge in [-0.1, -0.05) is 30.3 Å². The quantitative estimate of drug-likeness (QED) is 0.346. The van der Waals surface area contributed by atoms with Gasteiger partial charge in [0.2, 0.25) is 0 Å². The highest BCUT2D eigenvalue weighted by molar-refractivity contribution is 5.80. The molecule has 168 valence electrons. The first kappa shape index (κ1) is 22.9. The third-order valence-electron chi connectivity index (χ3n) is 5.30. The molecule has 1 aliphatic rings. The molecule has 0 radical (unpaired) electrons. The fourth-order valence-corrected chi connectivity index (χ4v) is 3.70. The van der Waals surface area contributed by atoms with Crippen molar-refractivity contribution in [3.63, 3.8) is 0 Å². The van der Waals surface area contributed by atoms with Crippen molar-refractivity contribution in [2.45, 2.75) is 25.6 Å². The molecule has 1 unspecified atom stereocenters. The maximum Gasteiger partial charge on any atom is 0.191 e. The summed E-state index contributed by atoms with van der Waals surface area (Å²) >= 11 is 0. The van der Waals surface area contributed by atoms with Crippen molar-refractivity contribution < 1.29 is 14.2 Å². The van der Waals surface area contributed by atoms with Crippen LogP contribution in [-0.2, 0) is 17.9 Å². The molecule has 0 saturated carbocycles. The summed E-state index contributed by atoms with van der Waals surface area (Å²) in [6.45, 7) is 4.84. The molecule has 0 aliphatic carbocycles. The van der Waals surface area contributed by atoms with Crippen LogP contribution < -0.4 is 20.1 Å². The lowest BCUT2D eigenvalue weighted by atomic mass is 10.2. The van der Waals surface area contributed by atoms with Crippen LogP contribution in [0.4, 0.5) is 0 Å². The molecular weight excluding hydrogens is 392 g/mol. The van der Waals surface area contributed by atoms with Crippen LogP contribution in [0.1, 0.15) is 17.5 Å². The Morgan fingerprint density at radius 1 is 1.06 bits per heavy atom. The van der Waals surface area contributed by atoms with Crippen LogP contribution in [-0.4, -0.2) is 64.4 Å². The standard InChI is InChI=1S/C24H34N4O3/c1-25-24(26-10-12-31-18-19-7-5-4-6-8-19)27-21-9-11-28(17-21)16-20-13-22(29-2)15-23(14-20)30-3/h4-8,13-15,21H,9-12,16-18H2,1-3H3,(H2,25,26,27). The first-order valence-electron chi connectivity index (χ1n) is 10.7. The predicted molar refractivity (Wildman–Crippen MR) is 124 cm³/mol. The predicted octanol–water partition coefficient (Wildman–Crippen LogP) is 2.66. The third kappa shape index (κ3) is 7.45. The summed E-state index contributed by atoms with van der Waals surface area (Å²) in [6, 6.07) is 16.6. The van der Waals surface area contributed by atoms with Crippen molar-refractivity contribution in [2.75, 3.05) is 47.5 Å². The minimum Gasteiger partial charge on any atom is -0.497 e. The van der Waals surface area contributed by atoms with E-state index in [0.29, 0.717) is 25.8 Å². The Morgan fingerprint density at radius 3 is 2.48 bits per heavy atom. The van der Waals surface area contributed by atoms with Crippen LogP contribution in [0.3, 0.4) is 0 Å². The van der Waals surface area contributed by atoms with E-state index in [1.54, 1.807) is 21.3 Å². The Morgan fingerprint density at radius 2 is 1.81 bits per heavy atom. The molecule has 31 heavy (non-hydrogen) atoms. The number of rotatable bonds is 10. The van der Waals surface area contributed by atoms with Gasteiger partial charge < -0.3 is 24.8 Å². The van der Waals surface area contributed by atoms with E-state index in [4.69, 9.17) is 14.2 Å². The molecule has 1 heterocycles. The van der Waals surface area contributed by atoms with Gasteiger partial charge >= 0.3 is 0 Å². The number of ether oxygens (including phenoxy) is 3. The van der Waals surface area contributed by atoms with Gasteiger partial charge in [-0.05, 0) is 29.7 Å². The van der Waals surface area contributed by atoms with Crippen LogP contribution in [0.2, 0.25) is 0 Å². The van der Waals surface area contributed by atoms with Crippen LogP contribution in [0.5, 0.6) is 11.5 Å². The van der Waals surface area contributed by atoms with E-state index in [9.17, 15) is 0 Å². The molecule has 0 spiro atoms. The number of hydrogen-bond acceptors (Lipinski definition) is 5. The minimum atomic E-state index is 0.365. The van der Waals surface area contributed by atoms with E-state index in [-0.39, 0.29) is 0 Å². The zero-order valence-corrected chi connectivity index (χ0v) is 18.8. The first-order valence-corrected chi connectivity index (χ1v) is 10.7. The van der Waals surface area contributed by atoms with E-state index in [1.165, 1.54) is 11.1 Å². The normalized spacial score (nSPS) is 16.9. The number of methoxy groups -OCH3 is 2. The summed E-state index contributed by atoms with van der Waals surface area (Å²) in [5.74, 6) is 2.46. The zero-order valence-electron chi connectivity index (χ0n) is 18.8. The molecule has 1 saturated heterocycles. The van der Waals surface area contributed by atoms with Crippen molar-refractivity contribution in [3.05, 3.63) is 59.7 Å². The van der Waals surface area contributed by atoms with E-state index in [2.05, 4.69) is 44.8 Å². The zero-order chi connectivity index (χ0) is 21.9. The van der Waals surface area contributed by atoms with E-state index in [1.807, 2.05) is 24.3 Å². The number of nitrogens with one attached hydrogen (secondary N) is 2. The highest BCUT2D eigenvalue weighted by atomic mass is 16.5. The van der Waals surface area contributed by atoms with Gasteiger partial charge in [0.25, 0.3) is 0 Å². The molecule has 1 fully saturated rings. The van der Waals surface area contributed by atoms with Crippen LogP contribution in [0.25, 0.3) is 0 Å². The highest BCUT2D eigenvalue weighted by Crippen LogP contribution is 2.24. The Hall–Kier alpha value is -2.77. The van der Waals surface area contributed by atoms with E-state index >= 15 is 0 Å². The second-order valence-corrected chi connectivity index (χ2v) is 7.62. The van der Waals surface area contributed by atoms with E-state index < -0.39 is 0 Å². The molecule has 2 aromatic carbocycles. The van der Waals surface area contributed by atoms with Crippen molar-refractivity contribution in [1.29, 1.82) is 0 Å². The van der Waals surface area contributed by atoms with Gasteiger partial charge in [0.15, 0.2) is 5.96 Å². The van der Waals surface area contributed by atoms with Crippen molar-refractivity contribution in [1.82, 2.24) is 15.5 Å². The molecule has 3 rings (SSSR count). The second-order valence-electron chi connectivity index (χ2n) is 7.62. The van der Waals surface area contributed by atoms with Crippen molar-refractivity contribution >= 4 is 5.96 Å². The summed E-state index contributed by atoms with van der Waals surface area (Å²) in [7, 11) is 5.16. The van der Waals surface area contributed by atoms with Crippen LogP contribution in [0.15, 0.2) is 53.5 Å². The third-order valence-corrected chi connectivity index (χ3v) is 5.30. The molecule has 7 heteroatoms. The second kappa shape index (κ2) is 12.2. The highest BCUT2D eigenvalue weighted by Gasteiger charge is 2.23. The molecule has 0 aromatic heterocycles. The SMILES string of the molecule is CN=C(NCCOCc1ccccc1)NC1CCN(Cc2cc(OC)cc(OC)c2)C1. The van der Waals surface area contributed by atoms with Crippen molar-refractivity contribution in [2.24, 2.45) is 4.99 Å². The lowest BCUT2D eigenvalue weighted by Crippen LogP contribution is -2.45. The molecule has 0 bridgehead atoms. The summed E-state index contributed by atoms with van der Waals surface area (Å²) in [5, 5.41) is 6.87. The van der Waals surface area contributed by atoms with Gasteiger partial charge in [-0.15, -0.1) is 0 Å². The molecule has 7 nitrogen and oxygen atoms in total. The Kier molecular flexibility index (Phi) is 8.99. The fourth-order valence-electron chi connectivity index (χ4n) is 3.70. The molecule has 0 amide bonds. The average Bonchev–Trinajstić information content (AvgIpc) is 3.25. The largest absolute Gasteiger partial charge is 0.497 e. The Labute approximate surface area is 185 Å². The number of guanidine groups is 1. The van der Waals surface area contributed by atoms with Gasteiger partial charge in [-0.3, -0.25) is 9.89 Å². The lowest BCUT2D eigenvalue weighted by Gasteiger charge is -2.19. The van der Waals surface area contributed by atoms with E-state index in [0.717, 1.165) is 43.5 Å². The molecule has 2 N–H and O–H groups in total. The number of aliphatic imine (C=N–C) groups is 1.